The number of carbonyl (C=O) groups is 1. The van der Waals surface area contributed by atoms with E-state index in [0.717, 1.165) is 16.3 Å². The van der Waals surface area contributed by atoms with Crippen LogP contribution in [0.15, 0.2) is 35.8 Å². The Labute approximate surface area is 122 Å². The van der Waals surface area contributed by atoms with Gasteiger partial charge in [0, 0.05) is 30.7 Å². The third-order valence-corrected chi connectivity index (χ3v) is 3.52. The Morgan fingerprint density at radius 2 is 2.10 bits per heavy atom. The molecule has 1 aromatic heterocycles. The fraction of sp³-hybridized carbons (Fsp3) is 0.333. The number of thiazole rings is 1. The van der Waals surface area contributed by atoms with Crippen LogP contribution < -0.4 is 4.74 Å². The molecule has 2 rings (SSSR count). The normalized spacial score (nSPS) is 10.4. The van der Waals surface area contributed by atoms with Crippen LogP contribution in [0, 0.1) is 0 Å². The molecule has 0 bridgehead atoms. The van der Waals surface area contributed by atoms with E-state index in [4.69, 9.17) is 9.47 Å². The zero-order valence-corrected chi connectivity index (χ0v) is 12.2. The first-order valence-corrected chi connectivity index (χ1v) is 7.27. The first-order chi connectivity index (χ1) is 9.79. The lowest BCUT2D eigenvalue weighted by molar-refractivity contribution is -0.117. The maximum atomic E-state index is 12.0. The SMILES string of the molecule is COCCOc1ccccc1CC(=O)Cc1nccs1. The van der Waals surface area contributed by atoms with Gasteiger partial charge in [-0.1, -0.05) is 18.2 Å². The van der Waals surface area contributed by atoms with Gasteiger partial charge in [-0.15, -0.1) is 11.3 Å². The van der Waals surface area contributed by atoms with Crippen molar-refractivity contribution in [1.29, 1.82) is 0 Å². The van der Waals surface area contributed by atoms with Gasteiger partial charge in [0.15, 0.2) is 0 Å². The highest BCUT2D eigenvalue weighted by molar-refractivity contribution is 7.09. The Morgan fingerprint density at radius 3 is 2.85 bits per heavy atom. The minimum atomic E-state index is 0.141. The summed E-state index contributed by atoms with van der Waals surface area (Å²) in [4.78, 5) is 16.2. The number of hydrogen-bond donors (Lipinski definition) is 0. The molecule has 20 heavy (non-hydrogen) atoms. The zero-order valence-electron chi connectivity index (χ0n) is 11.4. The maximum absolute atomic E-state index is 12.0. The standard InChI is InChI=1S/C15H17NO3S/c1-18-7-8-19-14-5-3-2-4-12(14)10-13(17)11-15-16-6-9-20-15/h2-6,9H,7-8,10-11H2,1H3. The van der Waals surface area contributed by atoms with Crippen molar-refractivity contribution in [3.63, 3.8) is 0 Å². The summed E-state index contributed by atoms with van der Waals surface area (Å²) in [6.45, 7) is 1.01. The second kappa shape index (κ2) is 7.77. The third-order valence-electron chi connectivity index (χ3n) is 2.74. The lowest BCUT2D eigenvalue weighted by Crippen LogP contribution is -2.10. The minimum absolute atomic E-state index is 0.141. The van der Waals surface area contributed by atoms with Gasteiger partial charge in [0.1, 0.15) is 18.1 Å². The van der Waals surface area contributed by atoms with E-state index in [1.54, 1.807) is 13.3 Å². The Bertz CT molecular complexity index is 540. The summed E-state index contributed by atoms with van der Waals surface area (Å²) in [5.74, 6) is 0.889. The van der Waals surface area contributed by atoms with E-state index in [1.807, 2.05) is 29.6 Å². The van der Waals surface area contributed by atoms with E-state index >= 15 is 0 Å². The fourth-order valence-electron chi connectivity index (χ4n) is 1.81. The van der Waals surface area contributed by atoms with Crippen LogP contribution in [0.5, 0.6) is 5.75 Å². The van der Waals surface area contributed by atoms with Gasteiger partial charge in [-0.25, -0.2) is 4.98 Å². The average Bonchev–Trinajstić information content (AvgIpc) is 2.93. The Balaban J connectivity index is 1.95. The van der Waals surface area contributed by atoms with Crippen LogP contribution in [-0.4, -0.2) is 31.1 Å². The number of ketones is 1. The molecule has 0 aliphatic rings. The van der Waals surface area contributed by atoms with Crippen molar-refractivity contribution in [2.75, 3.05) is 20.3 Å². The number of methoxy groups -OCH3 is 1. The van der Waals surface area contributed by atoms with Crippen LogP contribution in [0.2, 0.25) is 0 Å². The molecular weight excluding hydrogens is 274 g/mol. The van der Waals surface area contributed by atoms with Crippen molar-refractivity contribution in [2.45, 2.75) is 12.8 Å². The molecule has 0 N–H and O–H groups in total. The molecular formula is C15H17NO3S. The van der Waals surface area contributed by atoms with Crippen molar-refractivity contribution in [2.24, 2.45) is 0 Å². The van der Waals surface area contributed by atoms with Gasteiger partial charge in [0.05, 0.1) is 18.0 Å². The second-order valence-electron chi connectivity index (χ2n) is 4.27. The number of ether oxygens (including phenoxy) is 2. The van der Waals surface area contributed by atoms with Crippen molar-refractivity contribution in [3.8, 4) is 5.75 Å². The summed E-state index contributed by atoms with van der Waals surface area (Å²) in [5, 5.41) is 2.73. The first-order valence-electron chi connectivity index (χ1n) is 6.39. The van der Waals surface area contributed by atoms with Crippen LogP contribution >= 0.6 is 11.3 Å². The van der Waals surface area contributed by atoms with E-state index in [0.29, 0.717) is 26.1 Å². The highest BCUT2D eigenvalue weighted by atomic mass is 32.1. The fourth-order valence-corrected chi connectivity index (χ4v) is 2.45. The van der Waals surface area contributed by atoms with Gasteiger partial charge in [0.25, 0.3) is 0 Å². The van der Waals surface area contributed by atoms with Crippen molar-refractivity contribution in [1.82, 2.24) is 4.98 Å². The predicted octanol–water partition coefficient (Wildman–Crippen LogP) is 2.52. The minimum Gasteiger partial charge on any atom is -0.491 e. The third kappa shape index (κ3) is 4.43. The maximum Gasteiger partial charge on any atom is 0.144 e. The number of carbonyl (C=O) groups excluding carboxylic acids is 1. The van der Waals surface area contributed by atoms with E-state index < -0.39 is 0 Å². The molecule has 4 nitrogen and oxygen atoms in total. The lowest BCUT2D eigenvalue weighted by Gasteiger charge is -2.10. The summed E-state index contributed by atoms with van der Waals surface area (Å²) >= 11 is 1.50. The van der Waals surface area contributed by atoms with Gasteiger partial charge < -0.3 is 9.47 Å². The van der Waals surface area contributed by atoms with Crippen LogP contribution in [0.3, 0.4) is 0 Å². The zero-order chi connectivity index (χ0) is 14.2. The summed E-state index contributed by atoms with van der Waals surface area (Å²) in [6.07, 6.45) is 2.46. The molecule has 5 heteroatoms. The number of nitrogens with zero attached hydrogens (tertiary/aromatic N) is 1. The predicted molar refractivity (Wildman–Crippen MR) is 78.3 cm³/mol. The molecule has 0 radical (unpaired) electrons. The van der Waals surface area contributed by atoms with Crippen LogP contribution in [0.25, 0.3) is 0 Å². The van der Waals surface area contributed by atoms with Gasteiger partial charge in [-0.05, 0) is 6.07 Å². The summed E-state index contributed by atoms with van der Waals surface area (Å²) in [7, 11) is 1.63. The molecule has 0 fully saturated rings. The average molecular weight is 291 g/mol. The Kier molecular flexibility index (Phi) is 5.70. The lowest BCUT2D eigenvalue weighted by atomic mass is 10.1. The van der Waals surface area contributed by atoms with Gasteiger partial charge in [-0.2, -0.15) is 0 Å². The largest absolute Gasteiger partial charge is 0.491 e. The molecule has 1 aromatic carbocycles. The van der Waals surface area contributed by atoms with Crippen LogP contribution in [0.1, 0.15) is 10.6 Å². The van der Waals surface area contributed by atoms with E-state index in [2.05, 4.69) is 4.98 Å². The number of rotatable bonds is 8. The number of para-hydroxylation sites is 1. The molecule has 0 aliphatic carbocycles. The molecule has 0 saturated heterocycles. The smallest absolute Gasteiger partial charge is 0.144 e. The molecule has 2 aromatic rings. The molecule has 1 heterocycles. The topological polar surface area (TPSA) is 48.4 Å². The number of benzene rings is 1. The Morgan fingerprint density at radius 1 is 1.25 bits per heavy atom. The van der Waals surface area contributed by atoms with Crippen LogP contribution in [-0.2, 0) is 22.4 Å². The van der Waals surface area contributed by atoms with E-state index in [-0.39, 0.29) is 5.78 Å². The summed E-state index contributed by atoms with van der Waals surface area (Å²) in [6, 6.07) is 7.61. The monoisotopic (exact) mass is 291 g/mol. The quantitative estimate of drug-likeness (QED) is 0.701. The summed E-state index contributed by atoms with van der Waals surface area (Å²) in [5.41, 5.74) is 0.908. The first kappa shape index (κ1) is 14.7. The molecule has 106 valence electrons. The highest BCUT2D eigenvalue weighted by Gasteiger charge is 2.10. The number of Topliss-reactive ketones (excluding diaryl/α,β-unsaturated/α-hetero) is 1. The van der Waals surface area contributed by atoms with Gasteiger partial charge in [0.2, 0.25) is 0 Å². The van der Waals surface area contributed by atoms with Crippen molar-refractivity contribution < 1.29 is 14.3 Å². The molecule has 0 aliphatic heterocycles. The summed E-state index contributed by atoms with van der Waals surface area (Å²) < 4.78 is 10.6. The Hall–Kier alpha value is -1.72. The van der Waals surface area contributed by atoms with Crippen LogP contribution in [0.4, 0.5) is 0 Å². The molecule has 0 amide bonds. The molecule has 0 saturated carbocycles. The van der Waals surface area contributed by atoms with Gasteiger partial charge in [-0.3, -0.25) is 4.79 Å². The number of hydrogen-bond acceptors (Lipinski definition) is 5. The second-order valence-corrected chi connectivity index (χ2v) is 5.25. The van der Waals surface area contributed by atoms with E-state index in [9.17, 15) is 4.79 Å². The highest BCUT2D eigenvalue weighted by Crippen LogP contribution is 2.19. The number of aromatic nitrogens is 1. The molecule has 0 spiro atoms. The van der Waals surface area contributed by atoms with Gasteiger partial charge >= 0.3 is 0 Å². The van der Waals surface area contributed by atoms with Crippen molar-refractivity contribution in [3.05, 3.63) is 46.4 Å². The molecule has 0 unspecified atom stereocenters. The van der Waals surface area contributed by atoms with E-state index in [1.165, 1.54) is 11.3 Å². The van der Waals surface area contributed by atoms with Crippen molar-refractivity contribution >= 4 is 17.1 Å². The molecule has 0 atom stereocenters.